The van der Waals surface area contributed by atoms with Crippen LogP contribution in [0, 0.1) is 11.3 Å². The van der Waals surface area contributed by atoms with Crippen LogP contribution in [-0.2, 0) is 16.6 Å². The van der Waals surface area contributed by atoms with Gasteiger partial charge in [-0.05, 0) is 36.8 Å². The third-order valence-corrected chi connectivity index (χ3v) is 5.36. The number of amides is 1. The SMILES string of the molecule is C=CC[C@@]12CCN(C(C)=O)[C@]1(C#N)CCc1ccccc12. The number of hydrogen-bond acceptors (Lipinski definition) is 2. The molecule has 3 nitrogen and oxygen atoms in total. The van der Waals surface area contributed by atoms with Crippen LogP contribution in [0.15, 0.2) is 36.9 Å². The summed E-state index contributed by atoms with van der Waals surface area (Å²) >= 11 is 0. The molecule has 1 aliphatic carbocycles. The number of aryl methyl sites for hydroxylation is 1. The van der Waals surface area contributed by atoms with Crippen molar-refractivity contribution in [3.63, 3.8) is 0 Å². The van der Waals surface area contributed by atoms with E-state index in [9.17, 15) is 10.1 Å². The van der Waals surface area contributed by atoms with Crippen LogP contribution in [0.4, 0.5) is 0 Å². The zero-order valence-corrected chi connectivity index (χ0v) is 12.4. The number of allylic oxidation sites excluding steroid dienone is 1. The van der Waals surface area contributed by atoms with E-state index in [2.05, 4.69) is 30.8 Å². The molecule has 1 aromatic carbocycles. The van der Waals surface area contributed by atoms with Crippen molar-refractivity contribution in [3.8, 4) is 6.07 Å². The van der Waals surface area contributed by atoms with Gasteiger partial charge in [-0.15, -0.1) is 6.58 Å². The number of hydrogen-bond donors (Lipinski definition) is 0. The van der Waals surface area contributed by atoms with Crippen LogP contribution in [0.25, 0.3) is 0 Å². The average molecular weight is 280 g/mol. The highest BCUT2D eigenvalue weighted by Gasteiger charge is 2.62. The molecule has 2 aliphatic rings. The third kappa shape index (κ3) is 1.62. The first-order valence-corrected chi connectivity index (χ1v) is 7.50. The van der Waals surface area contributed by atoms with Crippen molar-refractivity contribution in [1.82, 2.24) is 4.90 Å². The van der Waals surface area contributed by atoms with Crippen molar-refractivity contribution in [2.75, 3.05) is 6.54 Å². The van der Waals surface area contributed by atoms with E-state index in [1.54, 1.807) is 11.8 Å². The minimum absolute atomic E-state index is 0.00173. The van der Waals surface area contributed by atoms with E-state index in [0.29, 0.717) is 13.0 Å². The zero-order valence-electron chi connectivity index (χ0n) is 12.4. The van der Waals surface area contributed by atoms with Crippen LogP contribution >= 0.6 is 0 Å². The molecule has 0 radical (unpaired) electrons. The fraction of sp³-hybridized carbons (Fsp3) is 0.444. The van der Waals surface area contributed by atoms with Gasteiger partial charge in [-0.1, -0.05) is 30.3 Å². The second kappa shape index (κ2) is 4.73. The first-order valence-electron chi connectivity index (χ1n) is 7.50. The molecule has 108 valence electrons. The predicted octanol–water partition coefficient (Wildman–Crippen LogP) is 2.96. The number of benzene rings is 1. The van der Waals surface area contributed by atoms with Gasteiger partial charge in [-0.3, -0.25) is 4.79 Å². The van der Waals surface area contributed by atoms with Gasteiger partial charge in [0.2, 0.25) is 5.91 Å². The summed E-state index contributed by atoms with van der Waals surface area (Å²) in [5.41, 5.74) is 1.53. The Kier molecular flexibility index (Phi) is 3.13. The Morgan fingerprint density at radius 3 is 2.90 bits per heavy atom. The normalized spacial score (nSPS) is 30.2. The summed E-state index contributed by atoms with van der Waals surface area (Å²) in [6.07, 6.45) is 5.04. The van der Waals surface area contributed by atoms with E-state index >= 15 is 0 Å². The van der Waals surface area contributed by atoms with Crippen LogP contribution < -0.4 is 0 Å². The van der Waals surface area contributed by atoms with E-state index in [4.69, 9.17) is 0 Å². The Morgan fingerprint density at radius 2 is 2.24 bits per heavy atom. The maximum absolute atomic E-state index is 12.1. The van der Waals surface area contributed by atoms with E-state index in [1.807, 2.05) is 12.1 Å². The summed E-state index contributed by atoms with van der Waals surface area (Å²) in [5, 5.41) is 10.0. The van der Waals surface area contributed by atoms with Gasteiger partial charge < -0.3 is 4.90 Å². The molecule has 21 heavy (non-hydrogen) atoms. The molecule has 1 aliphatic heterocycles. The Hall–Kier alpha value is -2.08. The largest absolute Gasteiger partial charge is 0.323 e. The number of nitriles is 1. The highest BCUT2D eigenvalue weighted by atomic mass is 16.2. The van der Waals surface area contributed by atoms with Crippen molar-refractivity contribution in [2.24, 2.45) is 0 Å². The second-order valence-electron chi connectivity index (χ2n) is 6.12. The van der Waals surface area contributed by atoms with E-state index in [-0.39, 0.29) is 11.3 Å². The molecule has 0 bridgehead atoms. The van der Waals surface area contributed by atoms with Gasteiger partial charge in [0.25, 0.3) is 0 Å². The fourth-order valence-electron chi connectivity index (χ4n) is 4.49. The topological polar surface area (TPSA) is 44.1 Å². The van der Waals surface area contributed by atoms with Crippen molar-refractivity contribution in [1.29, 1.82) is 5.26 Å². The zero-order chi connectivity index (χ0) is 15.1. The molecular formula is C18H20N2O. The number of carbonyl (C=O) groups is 1. The molecule has 1 amide bonds. The number of nitrogens with zero attached hydrogens (tertiary/aromatic N) is 2. The fourth-order valence-corrected chi connectivity index (χ4v) is 4.49. The summed E-state index contributed by atoms with van der Waals surface area (Å²) in [7, 11) is 0. The number of fused-ring (bicyclic) bond motifs is 3. The summed E-state index contributed by atoms with van der Waals surface area (Å²) < 4.78 is 0. The van der Waals surface area contributed by atoms with Gasteiger partial charge in [-0.2, -0.15) is 5.26 Å². The molecule has 3 rings (SSSR count). The Morgan fingerprint density at radius 1 is 1.48 bits per heavy atom. The number of rotatable bonds is 2. The van der Waals surface area contributed by atoms with Crippen LogP contribution in [-0.4, -0.2) is 22.9 Å². The quantitative estimate of drug-likeness (QED) is 0.782. The Bertz CT molecular complexity index is 645. The third-order valence-electron chi connectivity index (χ3n) is 5.36. The standard InChI is InChI=1S/C18H20N2O/c1-3-9-17-11-12-20(14(2)21)18(17,13-19)10-8-15-6-4-5-7-16(15)17/h3-7H,1,8-12H2,2H3/t17-,18-/m0/s1. The molecule has 3 heteroatoms. The van der Waals surface area contributed by atoms with Crippen molar-refractivity contribution in [2.45, 2.75) is 43.6 Å². The van der Waals surface area contributed by atoms with Crippen molar-refractivity contribution < 1.29 is 4.79 Å². The van der Waals surface area contributed by atoms with Crippen molar-refractivity contribution >= 4 is 5.91 Å². The molecular weight excluding hydrogens is 260 g/mol. The number of likely N-dealkylation sites (tertiary alicyclic amines) is 1. The first-order chi connectivity index (χ1) is 10.1. The first kappa shape index (κ1) is 13.9. The van der Waals surface area contributed by atoms with E-state index < -0.39 is 5.54 Å². The average Bonchev–Trinajstić information content (AvgIpc) is 2.83. The van der Waals surface area contributed by atoms with Crippen LogP contribution in [0.5, 0.6) is 0 Å². The highest BCUT2D eigenvalue weighted by molar-refractivity contribution is 5.76. The molecule has 2 atom stereocenters. The lowest BCUT2D eigenvalue weighted by Crippen LogP contribution is -2.58. The van der Waals surface area contributed by atoms with Gasteiger partial charge in [0.05, 0.1) is 6.07 Å². The van der Waals surface area contributed by atoms with Crippen LogP contribution in [0.3, 0.4) is 0 Å². The monoisotopic (exact) mass is 280 g/mol. The molecule has 1 fully saturated rings. The van der Waals surface area contributed by atoms with Gasteiger partial charge >= 0.3 is 0 Å². The molecule has 1 saturated heterocycles. The van der Waals surface area contributed by atoms with Crippen LogP contribution in [0.1, 0.15) is 37.3 Å². The van der Waals surface area contributed by atoms with Gasteiger partial charge in [0, 0.05) is 18.9 Å². The summed E-state index contributed by atoms with van der Waals surface area (Å²) in [6.45, 7) is 6.14. The van der Waals surface area contributed by atoms with Crippen molar-refractivity contribution in [3.05, 3.63) is 48.0 Å². The Labute approximate surface area is 125 Å². The van der Waals surface area contributed by atoms with Gasteiger partial charge in [0.1, 0.15) is 5.54 Å². The Balaban J connectivity index is 2.26. The molecule has 1 heterocycles. The minimum atomic E-state index is -0.721. The van der Waals surface area contributed by atoms with Gasteiger partial charge in [-0.25, -0.2) is 0 Å². The van der Waals surface area contributed by atoms with Gasteiger partial charge in [0.15, 0.2) is 0 Å². The lowest BCUT2D eigenvalue weighted by atomic mass is 9.58. The van der Waals surface area contributed by atoms with E-state index in [1.165, 1.54) is 11.1 Å². The summed E-state index contributed by atoms with van der Waals surface area (Å²) in [6, 6.07) is 10.9. The second-order valence-corrected chi connectivity index (χ2v) is 6.12. The maximum Gasteiger partial charge on any atom is 0.220 e. The molecule has 1 aromatic rings. The molecule has 0 N–H and O–H groups in total. The summed E-state index contributed by atoms with van der Waals surface area (Å²) in [5.74, 6) is 0.00173. The highest BCUT2D eigenvalue weighted by Crippen LogP contribution is 2.55. The maximum atomic E-state index is 12.1. The predicted molar refractivity (Wildman–Crippen MR) is 81.6 cm³/mol. The smallest absolute Gasteiger partial charge is 0.220 e. The molecule has 0 spiro atoms. The lowest BCUT2D eigenvalue weighted by molar-refractivity contribution is -0.132. The molecule has 0 saturated carbocycles. The van der Waals surface area contributed by atoms with E-state index in [0.717, 1.165) is 19.3 Å². The molecule has 0 unspecified atom stereocenters. The number of carbonyl (C=O) groups excluding carboxylic acids is 1. The summed E-state index contributed by atoms with van der Waals surface area (Å²) in [4.78, 5) is 13.9. The van der Waals surface area contributed by atoms with Crippen LogP contribution in [0.2, 0.25) is 0 Å². The molecule has 0 aromatic heterocycles. The lowest BCUT2D eigenvalue weighted by Gasteiger charge is -2.48. The minimum Gasteiger partial charge on any atom is -0.323 e.